The lowest BCUT2D eigenvalue weighted by molar-refractivity contribution is 0.576. The SMILES string of the molecule is CC(C)S(=O)(=O)c1cnc(N2CCNCC2)nc1. The van der Waals surface area contributed by atoms with Crippen molar-refractivity contribution in [3.05, 3.63) is 12.4 Å². The number of hydrogen-bond acceptors (Lipinski definition) is 6. The van der Waals surface area contributed by atoms with Crippen LogP contribution in [0.3, 0.4) is 0 Å². The molecule has 2 heterocycles. The number of sulfone groups is 1. The van der Waals surface area contributed by atoms with Gasteiger partial charge in [0.15, 0.2) is 9.84 Å². The summed E-state index contributed by atoms with van der Waals surface area (Å²) in [5, 5.41) is 2.79. The third kappa shape index (κ3) is 2.62. The van der Waals surface area contributed by atoms with Gasteiger partial charge in [-0.15, -0.1) is 0 Å². The van der Waals surface area contributed by atoms with Gasteiger partial charge in [-0.2, -0.15) is 0 Å². The molecule has 18 heavy (non-hydrogen) atoms. The Balaban J connectivity index is 2.20. The summed E-state index contributed by atoms with van der Waals surface area (Å²) in [7, 11) is -3.28. The Morgan fingerprint density at radius 2 is 1.78 bits per heavy atom. The summed E-state index contributed by atoms with van der Waals surface area (Å²) in [5.74, 6) is 0.596. The highest BCUT2D eigenvalue weighted by Gasteiger charge is 2.21. The van der Waals surface area contributed by atoms with E-state index in [2.05, 4.69) is 15.3 Å². The summed E-state index contributed by atoms with van der Waals surface area (Å²) in [6.45, 7) is 6.79. The van der Waals surface area contributed by atoms with Crippen LogP contribution in [0, 0.1) is 0 Å². The van der Waals surface area contributed by atoms with Gasteiger partial charge in [0.1, 0.15) is 4.90 Å². The van der Waals surface area contributed by atoms with Gasteiger partial charge < -0.3 is 10.2 Å². The Kier molecular flexibility index (Phi) is 3.82. The molecular formula is C11H18N4O2S. The maximum absolute atomic E-state index is 11.9. The fourth-order valence-corrected chi connectivity index (χ4v) is 2.70. The van der Waals surface area contributed by atoms with Gasteiger partial charge in [0.25, 0.3) is 0 Å². The molecule has 0 aliphatic carbocycles. The van der Waals surface area contributed by atoms with E-state index in [1.165, 1.54) is 12.4 Å². The van der Waals surface area contributed by atoms with Crippen LogP contribution in [0.1, 0.15) is 13.8 Å². The summed E-state index contributed by atoms with van der Waals surface area (Å²) in [6.07, 6.45) is 2.80. The monoisotopic (exact) mass is 270 g/mol. The summed E-state index contributed by atoms with van der Waals surface area (Å²) >= 11 is 0. The second-order valence-corrected chi connectivity index (χ2v) is 7.05. The highest BCUT2D eigenvalue weighted by molar-refractivity contribution is 7.92. The van der Waals surface area contributed by atoms with Crippen molar-refractivity contribution in [1.82, 2.24) is 15.3 Å². The summed E-state index contributed by atoms with van der Waals surface area (Å²) in [5.41, 5.74) is 0. The molecule has 0 spiro atoms. The molecule has 0 unspecified atom stereocenters. The van der Waals surface area contributed by atoms with E-state index >= 15 is 0 Å². The molecule has 0 bridgehead atoms. The minimum atomic E-state index is -3.28. The standard InChI is InChI=1S/C11H18N4O2S/c1-9(2)18(16,17)10-7-13-11(14-8-10)15-5-3-12-4-6-15/h7-9,12H,3-6H2,1-2H3. The molecule has 100 valence electrons. The van der Waals surface area contributed by atoms with Crippen molar-refractivity contribution in [3.8, 4) is 0 Å². The van der Waals surface area contributed by atoms with Gasteiger partial charge in [0.2, 0.25) is 5.95 Å². The van der Waals surface area contributed by atoms with Gasteiger partial charge >= 0.3 is 0 Å². The molecule has 2 rings (SSSR count). The lowest BCUT2D eigenvalue weighted by atomic mass is 10.4. The lowest BCUT2D eigenvalue weighted by Gasteiger charge is -2.27. The first kappa shape index (κ1) is 13.2. The number of piperazine rings is 1. The quantitative estimate of drug-likeness (QED) is 0.837. The van der Waals surface area contributed by atoms with Crippen LogP contribution < -0.4 is 10.2 Å². The number of rotatable bonds is 3. The number of anilines is 1. The molecule has 0 radical (unpaired) electrons. The molecule has 0 atom stereocenters. The largest absolute Gasteiger partial charge is 0.338 e. The van der Waals surface area contributed by atoms with Crippen molar-refractivity contribution in [2.45, 2.75) is 24.0 Å². The Morgan fingerprint density at radius 1 is 1.22 bits per heavy atom. The number of nitrogens with zero attached hydrogens (tertiary/aromatic N) is 3. The van der Waals surface area contributed by atoms with E-state index < -0.39 is 15.1 Å². The van der Waals surface area contributed by atoms with Gasteiger partial charge in [-0.25, -0.2) is 18.4 Å². The van der Waals surface area contributed by atoms with E-state index in [0.29, 0.717) is 5.95 Å². The molecule has 1 fully saturated rings. The number of hydrogen-bond donors (Lipinski definition) is 1. The minimum Gasteiger partial charge on any atom is -0.338 e. The van der Waals surface area contributed by atoms with Crippen LogP contribution in [0.25, 0.3) is 0 Å². The zero-order valence-electron chi connectivity index (χ0n) is 10.6. The Labute approximate surface area is 107 Å². The highest BCUT2D eigenvalue weighted by Crippen LogP contribution is 2.16. The fourth-order valence-electron chi connectivity index (χ4n) is 1.76. The van der Waals surface area contributed by atoms with Gasteiger partial charge in [-0.3, -0.25) is 0 Å². The molecule has 1 aromatic rings. The van der Waals surface area contributed by atoms with Crippen molar-refractivity contribution in [1.29, 1.82) is 0 Å². The van der Waals surface area contributed by atoms with Gasteiger partial charge in [-0.1, -0.05) is 0 Å². The average Bonchev–Trinajstić information content (AvgIpc) is 2.40. The molecule has 6 nitrogen and oxygen atoms in total. The van der Waals surface area contributed by atoms with Crippen LogP contribution in [0.2, 0.25) is 0 Å². The van der Waals surface area contributed by atoms with Crippen LogP contribution >= 0.6 is 0 Å². The topological polar surface area (TPSA) is 75.2 Å². The average molecular weight is 270 g/mol. The lowest BCUT2D eigenvalue weighted by Crippen LogP contribution is -2.44. The zero-order chi connectivity index (χ0) is 13.2. The molecule has 0 saturated carbocycles. The van der Waals surface area contributed by atoms with Crippen molar-refractivity contribution in [2.24, 2.45) is 0 Å². The molecule has 1 aliphatic heterocycles. The Bertz CT molecular complexity index is 492. The van der Waals surface area contributed by atoms with Gasteiger partial charge in [-0.05, 0) is 13.8 Å². The van der Waals surface area contributed by atoms with E-state index in [1.54, 1.807) is 13.8 Å². The summed E-state index contributed by atoms with van der Waals surface area (Å²) < 4.78 is 23.8. The van der Waals surface area contributed by atoms with E-state index in [0.717, 1.165) is 26.2 Å². The summed E-state index contributed by atoms with van der Waals surface area (Å²) in [4.78, 5) is 10.6. The minimum absolute atomic E-state index is 0.191. The first-order valence-corrected chi connectivity index (χ1v) is 7.58. The van der Waals surface area contributed by atoms with Crippen LogP contribution in [0.4, 0.5) is 5.95 Å². The molecule has 7 heteroatoms. The van der Waals surface area contributed by atoms with Crippen molar-refractivity contribution in [3.63, 3.8) is 0 Å². The molecule has 1 aliphatic rings. The molecule has 1 aromatic heterocycles. The maximum Gasteiger partial charge on any atom is 0.225 e. The fraction of sp³-hybridized carbons (Fsp3) is 0.636. The van der Waals surface area contributed by atoms with Crippen LogP contribution in [-0.4, -0.2) is 49.8 Å². The molecule has 0 aromatic carbocycles. The predicted molar refractivity (Wildman–Crippen MR) is 69.4 cm³/mol. The van der Waals surface area contributed by atoms with E-state index in [1.807, 2.05) is 4.90 Å². The smallest absolute Gasteiger partial charge is 0.225 e. The van der Waals surface area contributed by atoms with E-state index in [4.69, 9.17) is 0 Å². The molecule has 0 amide bonds. The number of aromatic nitrogens is 2. The normalized spacial score (nSPS) is 17.2. The third-order valence-electron chi connectivity index (χ3n) is 2.96. The first-order chi connectivity index (χ1) is 8.51. The van der Waals surface area contributed by atoms with Crippen molar-refractivity contribution < 1.29 is 8.42 Å². The third-order valence-corrected chi connectivity index (χ3v) is 5.07. The van der Waals surface area contributed by atoms with Crippen LogP contribution in [0.5, 0.6) is 0 Å². The molecule has 1 N–H and O–H groups in total. The maximum atomic E-state index is 11.9. The van der Waals surface area contributed by atoms with Gasteiger partial charge in [0.05, 0.1) is 17.6 Å². The van der Waals surface area contributed by atoms with Crippen molar-refractivity contribution in [2.75, 3.05) is 31.1 Å². The van der Waals surface area contributed by atoms with Crippen molar-refractivity contribution >= 4 is 15.8 Å². The van der Waals surface area contributed by atoms with Gasteiger partial charge in [0, 0.05) is 26.2 Å². The summed E-state index contributed by atoms with van der Waals surface area (Å²) in [6, 6.07) is 0. The predicted octanol–water partition coefficient (Wildman–Crippen LogP) is 0.0683. The van der Waals surface area contributed by atoms with E-state index in [9.17, 15) is 8.42 Å². The zero-order valence-corrected chi connectivity index (χ0v) is 11.4. The highest BCUT2D eigenvalue weighted by atomic mass is 32.2. The first-order valence-electron chi connectivity index (χ1n) is 6.03. The van der Waals surface area contributed by atoms with Crippen LogP contribution in [-0.2, 0) is 9.84 Å². The second kappa shape index (κ2) is 5.19. The van der Waals surface area contributed by atoms with E-state index in [-0.39, 0.29) is 4.90 Å². The molecule has 1 saturated heterocycles. The second-order valence-electron chi connectivity index (χ2n) is 4.55. The Hall–Kier alpha value is -1.21. The molecular weight excluding hydrogens is 252 g/mol. The van der Waals surface area contributed by atoms with Crippen LogP contribution in [0.15, 0.2) is 17.3 Å². The number of nitrogens with one attached hydrogen (secondary N) is 1. The Morgan fingerprint density at radius 3 is 2.28 bits per heavy atom.